The Morgan fingerprint density at radius 1 is 0.857 bits per heavy atom. The van der Waals surface area contributed by atoms with Crippen molar-refractivity contribution in [3.05, 3.63) is 48.8 Å². The molecule has 2 rings (SSSR count). The minimum Gasteiger partial charge on any atom is -0.504 e. The zero-order valence-corrected chi connectivity index (χ0v) is 7.46. The monoisotopic (exact) mass is 188 g/mol. The van der Waals surface area contributed by atoms with Crippen LogP contribution in [0.1, 0.15) is 0 Å². The highest BCUT2D eigenvalue weighted by Crippen LogP contribution is 2.27. The van der Waals surface area contributed by atoms with Gasteiger partial charge in [0.1, 0.15) is 0 Å². The standard InChI is InChI=1S/C11H9NO2/c13-10-6-4-5-9(11(10)14)12-7-2-1-3-8-12/h1-8H,(H-,13,14)/p+1. The fourth-order valence-electron chi connectivity index (χ4n) is 1.29. The van der Waals surface area contributed by atoms with Crippen LogP contribution in [-0.2, 0) is 0 Å². The highest BCUT2D eigenvalue weighted by Gasteiger charge is 2.13. The van der Waals surface area contributed by atoms with Crippen molar-refractivity contribution in [3.63, 3.8) is 0 Å². The Morgan fingerprint density at radius 3 is 2.29 bits per heavy atom. The van der Waals surface area contributed by atoms with Crippen molar-refractivity contribution in [3.8, 4) is 17.2 Å². The number of rotatable bonds is 1. The predicted octanol–water partition coefficient (Wildman–Crippen LogP) is 1.37. The van der Waals surface area contributed by atoms with Crippen LogP contribution >= 0.6 is 0 Å². The summed E-state index contributed by atoms with van der Waals surface area (Å²) in [4.78, 5) is 0. The molecular weight excluding hydrogens is 178 g/mol. The fourth-order valence-corrected chi connectivity index (χ4v) is 1.29. The molecule has 0 bridgehead atoms. The van der Waals surface area contributed by atoms with Gasteiger partial charge >= 0.3 is 0 Å². The van der Waals surface area contributed by atoms with Crippen LogP contribution in [0.15, 0.2) is 48.8 Å². The summed E-state index contributed by atoms with van der Waals surface area (Å²) in [7, 11) is 0. The number of benzene rings is 1. The molecule has 0 aliphatic rings. The Kier molecular flexibility index (Phi) is 2.07. The molecule has 0 unspecified atom stereocenters. The van der Waals surface area contributed by atoms with E-state index in [0.717, 1.165) is 0 Å². The van der Waals surface area contributed by atoms with Crippen molar-refractivity contribution in [1.82, 2.24) is 0 Å². The molecular formula is C11H10NO2+. The second-order valence-electron chi connectivity index (χ2n) is 2.93. The van der Waals surface area contributed by atoms with Crippen molar-refractivity contribution in [2.75, 3.05) is 0 Å². The van der Waals surface area contributed by atoms with E-state index in [0.29, 0.717) is 5.69 Å². The molecule has 0 fully saturated rings. The Balaban J connectivity index is 2.58. The molecule has 70 valence electrons. The summed E-state index contributed by atoms with van der Waals surface area (Å²) in [5.41, 5.74) is 0.561. The van der Waals surface area contributed by atoms with Gasteiger partial charge in [-0.3, -0.25) is 0 Å². The first-order valence-corrected chi connectivity index (χ1v) is 4.26. The second-order valence-corrected chi connectivity index (χ2v) is 2.93. The zero-order chi connectivity index (χ0) is 9.97. The topological polar surface area (TPSA) is 44.3 Å². The van der Waals surface area contributed by atoms with Gasteiger partial charge < -0.3 is 10.2 Å². The van der Waals surface area contributed by atoms with Crippen molar-refractivity contribution >= 4 is 0 Å². The smallest absolute Gasteiger partial charge is 0.256 e. The molecule has 3 heteroatoms. The molecule has 1 heterocycles. The van der Waals surface area contributed by atoms with Gasteiger partial charge in [0.05, 0.1) is 0 Å². The van der Waals surface area contributed by atoms with Crippen LogP contribution in [0, 0.1) is 0 Å². The SMILES string of the molecule is Oc1cccc(-[n+]2ccccc2)c1O. The summed E-state index contributed by atoms with van der Waals surface area (Å²) in [6, 6.07) is 10.4. The van der Waals surface area contributed by atoms with Gasteiger partial charge in [0.2, 0.25) is 5.75 Å². The van der Waals surface area contributed by atoms with Gasteiger partial charge in [-0.25, -0.2) is 0 Å². The first-order chi connectivity index (χ1) is 6.79. The van der Waals surface area contributed by atoms with E-state index >= 15 is 0 Å². The molecule has 0 atom stereocenters. The number of phenols is 2. The average Bonchev–Trinajstić information content (AvgIpc) is 2.23. The minimum atomic E-state index is -0.112. The lowest BCUT2D eigenvalue weighted by molar-refractivity contribution is -0.596. The normalized spacial score (nSPS) is 10.0. The van der Waals surface area contributed by atoms with Gasteiger partial charge in [-0.05, 0) is 6.07 Å². The first kappa shape index (κ1) is 8.56. The quantitative estimate of drug-likeness (QED) is 0.524. The predicted molar refractivity (Wildman–Crippen MR) is 51.3 cm³/mol. The molecule has 0 aliphatic heterocycles. The summed E-state index contributed by atoms with van der Waals surface area (Å²) in [6.45, 7) is 0. The Labute approximate surface area is 81.5 Å². The molecule has 0 spiro atoms. The number of nitrogens with zero attached hydrogens (tertiary/aromatic N) is 1. The summed E-state index contributed by atoms with van der Waals surface area (Å²) >= 11 is 0. The van der Waals surface area contributed by atoms with Crippen LogP contribution in [0.25, 0.3) is 5.69 Å². The third kappa shape index (κ3) is 1.40. The van der Waals surface area contributed by atoms with Crippen molar-refractivity contribution in [2.45, 2.75) is 0 Å². The molecule has 1 aromatic heterocycles. The van der Waals surface area contributed by atoms with Gasteiger partial charge in [0.25, 0.3) is 5.69 Å². The maximum atomic E-state index is 9.58. The molecule has 0 saturated heterocycles. The Morgan fingerprint density at radius 2 is 1.57 bits per heavy atom. The average molecular weight is 188 g/mol. The van der Waals surface area contributed by atoms with E-state index in [1.54, 1.807) is 29.1 Å². The number of pyridine rings is 1. The van der Waals surface area contributed by atoms with E-state index in [2.05, 4.69) is 0 Å². The Bertz CT molecular complexity index is 440. The number of hydrogen-bond donors (Lipinski definition) is 2. The van der Waals surface area contributed by atoms with Gasteiger partial charge in [-0.2, -0.15) is 4.57 Å². The summed E-state index contributed by atoms with van der Waals surface area (Å²) < 4.78 is 1.73. The summed E-state index contributed by atoms with van der Waals surface area (Å²) in [5.74, 6) is -0.220. The lowest BCUT2D eigenvalue weighted by Crippen LogP contribution is -2.28. The van der Waals surface area contributed by atoms with Crippen LogP contribution in [0.3, 0.4) is 0 Å². The molecule has 0 aliphatic carbocycles. The van der Waals surface area contributed by atoms with Crippen molar-refractivity contribution < 1.29 is 14.8 Å². The van der Waals surface area contributed by atoms with Crippen LogP contribution in [0.2, 0.25) is 0 Å². The Hall–Kier alpha value is -2.03. The van der Waals surface area contributed by atoms with Crippen LogP contribution in [0.5, 0.6) is 11.5 Å². The lowest BCUT2D eigenvalue weighted by atomic mass is 10.2. The summed E-state index contributed by atoms with van der Waals surface area (Å²) in [6.07, 6.45) is 3.60. The van der Waals surface area contributed by atoms with Crippen LogP contribution in [0.4, 0.5) is 0 Å². The van der Waals surface area contributed by atoms with E-state index in [9.17, 15) is 10.2 Å². The van der Waals surface area contributed by atoms with Gasteiger partial charge in [-0.1, -0.05) is 12.1 Å². The maximum absolute atomic E-state index is 9.58. The minimum absolute atomic E-state index is 0.108. The molecule has 0 amide bonds. The molecule has 0 radical (unpaired) electrons. The third-order valence-corrected chi connectivity index (χ3v) is 1.99. The first-order valence-electron chi connectivity index (χ1n) is 4.26. The van der Waals surface area contributed by atoms with E-state index in [1.807, 2.05) is 18.2 Å². The molecule has 3 nitrogen and oxygen atoms in total. The number of phenolic OH excluding ortho intramolecular Hbond substituents is 2. The van der Waals surface area contributed by atoms with E-state index in [4.69, 9.17) is 0 Å². The fraction of sp³-hybridized carbons (Fsp3) is 0. The second kappa shape index (κ2) is 3.38. The largest absolute Gasteiger partial charge is 0.504 e. The highest BCUT2D eigenvalue weighted by atomic mass is 16.3. The van der Waals surface area contributed by atoms with Gasteiger partial charge in [0.15, 0.2) is 18.1 Å². The molecule has 14 heavy (non-hydrogen) atoms. The van der Waals surface area contributed by atoms with Crippen LogP contribution < -0.4 is 4.57 Å². The van der Waals surface area contributed by atoms with Crippen LogP contribution in [-0.4, -0.2) is 10.2 Å². The lowest BCUT2D eigenvalue weighted by Gasteiger charge is -1.99. The van der Waals surface area contributed by atoms with E-state index < -0.39 is 0 Å². The van der Waals surface area contributed by atoms with Crippen molar-refractivity contribution in [1.29, 1.82) is 0 Å². The zero-order valence-electron chi connectivity index (χ0n) is 7.46. The van der Waals surface area contributed by atoms with Gasteiger partial charge in [0, 0.05) is 18.2 Å². The molecule has 1 aromatic carbocycles. The van der Waals surface area contributed by atoms with E-state index in [-0.39, 0.29) is 11.5 Å². The van der Waals surface area contributed by atoms with E-state index in [1.165, 1.54) is 6.07 Å². The number of aromatic hydroxyl groups is 2. The third-order valence-electron chi connectivity index (χ3n) is 1.99. The van der Waals surface area contributed by atoms with Gasteiger partial charge in [-0.15, -0.1) is 0 Å². The molecule has 2 aromatic rings. The molecule has 2 N–H and O–H groups in total. The highest BCUT2D eigenvalue weighted by molar-refractivity contribution is 5.48. The van der Waals surface area contributed by atoms with Crippen molar-refractivity contribution in [2.24, 2.45) is 0 Å². The number of hydrogen-bond acceptors (Lipinski definition) is 2. The maximum Gasteiger partial charge on any atom is 0.256 e. The number of aromatic nitrogens is 1. The molecule has 0 saturated carbocycles. The summed E-state index contributed by atoms with van der Waals surface area (Å²) in [5, 5.41) is 18.9. The number of para-hydroxylation sites is 1.